The van der Waals surface area contributed by atoms with Crippen LogP contribution in [0.25, 0.3) is 0 Å². The number of hydrogen-bond donors (Lipinski definition) is 1. The number of benzene rings is 2. The van der Waals surface area contributed by atoms with Gasteiger partial charge in [-0.2, -0.15) is 10.2 Å². The van der Waals surface area contributed by atoms with Gasteiger partial charge in [0.1, 0.15) is 17.1 Å². The van der Waals surface area contributed by atoms with E-state index in [0.717, 1.165) is 0 Å². The Morgan fingerprint density at radius 1 is 1.00 bits per heavy atom. The van der Waals surface area contributed by atoms with Crippen molar-refractivity contribution in [3.63, 3.8) is 0 Å². The molecule has 178 valence electrons. The Labute approximate surface area is 202 Å². The molecule has 0 aliphatic rings. The second kappa shape index (κ2) is 12.3. The number of rotatable bonds is 11. The van der Waals surface area contributed by atoms with E-state index in [1.807, 2.05) is 6.92 Å². The van der Waals surface area contributed by atoms with Crippen molar-refractivity contribution >= 4 is 46.3 Å². The fourth-order valence-corrected chi connectivity index (χ4v) is 3.28. The molecule has 1 N–H and O–H groups in total. The molecule has 2 aromatic carbocycles. The zero-order chi connectivity index (χ0) is 24.5. The molecule has 0 saturated carbocycles. The number of azo groups is 1. The predicted octanol–water partition coefficient (Wildman–Crippen LogP) is 5.49. The average molecular weight is 498 g/mol. The lowest BCUT2D eigenvalue weighted by molar-refractivity contribution is -0.126. The highest BCUT2D eigenvalue weighted by Crippen LogP contribution is 2.42. The van der Waals surface area contributed by atoms with Crippen LogP contribution in [0.3, 0.4) is 0 Å². The van der Waals surface area contributed by atoms with Gasteiger partial charge in [-0.3, -0.25) is 9.59 Å². The van der Waals surface area contributed by atoms with E-state index in [1.165, 1.54) is 27.2 Å². The quantitative estimate of drug-likeness (QED) is 0.324. The van der Waals surface area contributed by atoms with Crippen molar-refractivity contribution in [2.24, 2.45) is 10.2 Å². The van der Waals surface area contributed by atoms with Crippen molar-refractivity contribution in [3.05, 3.63) is 34.3 Å². The van der Waals surface area contributed by atoms with Gasteiger partial charge in [-0.05, 0) is 39.0 Å². The molecule has 33 heavy (non-hydrogen) atoms. The van der Waals surface area contributed by atoms with Crippen LogP contribution in [-0.2, 0) is 9.59 Å². The molecule has 1 atom stereocenters. The largest absolute Gasteiger partial charge is 0.494 e. The minimum Gasteiger partial charge on any atom is -0.494 e. The molecule has 2 aromatic rings. The average Bonchev–Trinajstić information content (AvgIpc) is 2.76. The van der Waals surface area contributed by atoms with Crippen LogP contribution in [0.2, 0.25) is 10.0 Å². The molecule has 9 nitrogen and oxygen atoms in total. The minimum atomic E-state index is -1.47. The van der Waals surface area contributed by atoms with Gasteiger partial charge in [0.2, 0.25) is 6.04 Å². The Morgan fingerprint density at radius 3 is 2.27 bits per heavy atom. The molecule has 1 unspecified atom stereocenters. The molecule has 0 heterocycles. The third kappa shape index (κ3) is 6.49. The van der Waals surface area contributed by atoms with Crippen molar-refractivity contribution in [1.82, 2.24) is 0 Å². The van der Waals surface area contributed by atoms with E-state index in [9.17, 15) is 9.59 Å². The molecule has 0 aliphatic heterocycles. The summed E-state index contributed by atoms with van der Waals surface area (Å²) >= 11 is 12.3. The van der Waals surface area contributed by atoms with E-state index in [1.54, 1.807) is 25.1 Å². The standard InChI is InChI=1S/C22H25Cl2N3O6/c1-6-32-17-11-13(23)10-15(21(17)33-7-2)26-27-18(12(3)28)22(29)25-19-16(30-4)9-8-14(24)20(19)31-5/h8-11,18H,6-7H2,1-5H3,(H,25,29). The first-order valence-corrected chi connectivity index (χ1v) is 10.7. The predicted molar refractivity (Wildman–Crippen MR) is 126 cm³/mol. The smallest absolute Gasteiger partial charge is 0.259 e. The first-order chi connectivity index (χ1) is 15.8. The Bertz CT molecular complexity index is 1050. The van der Waals surface area contributed by atoms with Gasteiger partial charge < -0.3 is 24.3 Å². The monoisotopic (exact) mass is 497 g/mol. The number of methoxy groups -OCH3 is 2. The van der Waals surface area contributed by atoms with Gasteiger partial charge in [0.05, 0.1) is 32.5 Å². The summed E-state index contributed by atoms with van der Waals surface area (Å²) in [6.45, 7) is 5.53. The molecular formula is C22H25Cl2N3O6. The first kappa shape index (κ1) is 26.2. The number of hydrogen-bond acceptors (Lipinski definition) is 8. The summed E-state index contributed by atoms with van der Waals surface area (Å²) in [4.78, 5) is 25.2. The molecule has 0 spiro atoms. The lowest BCUT2D eigenvalue weighted by Gasteiger charge is -2.17. The normalized spacial score (nSPS) is 11.7. The van der Waals surface area contributed by atoms with Crippen LogP contribution in [0, 0.1) is 0 Å². The summed E-state index contributed by atoms with van der Waals surface area (Å²) in [6.07, 6.45) is 0. The SMILES string of the molecule is CCOc1cc(Cl)cc(N=NC(C(C)=O)C(=O)Nc2c(OC)ccc(Cl)c2OC)c1OCC. The lowest BCUT2D eigenvalue weighted by atomic mass is 10.2. The van der Waals surface area contributed by atoms with E-state index in [4.69, 9.17) is 42.1 Å². The summed E-state index contributed by atoms with van der Waals surface area (Å²) in [5.74, 6) is -0.153. The Balaban J connectivity index is 2.43. The lowest BCUT2D eigenvalue weighted by Crippen LogP contribution is -2.32. The zero-order valence-electron chi connectivity index (χ0n) is 18.9. The number of amides is 1. The molecule has 1 amide bonds. The Kier molecular flexibility index (Phi) is 9.74. The van der Waals surface area contributed by atoms with Crippen LogP contribution in [0.1, 0.15) is 20.8 Å². The van der Waals surface area contributed by atoms with Gasteiger partial charge in [-0.25, -0.2) is 0 Å². The Hall–Kier alpha value is -3.04. The highest BCUT2D eigenvalue weighted by molar-refractivity contribution is 6.33. The second-order valence-electron chi connectivity index (χ2n) is 6.49. The summed E-state index contributed by atoms with van der Waals surface area (Å²) in [5.41, 5.74) is 0.375. The third-order valence-electron chi connectivity index (χ3n) is 4.25. The van der Waals surface area contributed by atoms with Crippen LogP contribution in [0.15, 0.2) is 34.5 Å². The molecule has 0 fully saturated rings. The van der Waals surface area contributed by atoms with Crippen molar-refractivity contribution in [2.75, 3.05) is 32.8 Å². The summed E-state index contributed by atoms with van der Waals surface area (Å²) in [6, 6.07) is 4.72. The van der Waals surface area contributed by atoms with E-state index in [0.29, 0.717) is 35.5 Å². The molecule has 0 radical (unpaired) electrons. The number of nitrogens with one attached hydrogen (secondary N) is 1. The van der Waals surface area contributed by atoms with Gasteiger partial charge in [-0.15, -0.1) is 0 Å². The van der Waals surface area contributed by atoms with Crippen molar-refractivity contribution < 1.29 is 28.5 Å². The molecule has 0 aliphatic carbocycles. The maximum absolute atomic E-state index is 12.9. The van der Waals surface area contributed by atoms with Gasteiger partial charge >= 0.3 is 0 Å². The fraction of sp³-hybridized carbons (Fsp3) is 0.364. The van der Waals surface area contributed by atoms with Gasteiger partial charge in [0.15, 0.2) is 23.0 Å². The van der Waals surface area contributed by atoms with Crippen LogP contribution < -0.4 is 24.3 Å². The molecule has 0 saturated heterocycles. The van der Waals surface area contributed by atoms with E-state index in [-0.39, 0.29) is 22.1 Å². The Morgan fingerprint density at radius 2 is 1.70 bits per heavy atom. The number of ether oxygens (including phenoxy) is 4. The van der Waals surface area contributed by atoms with Gasteiger partial charge in [0, 0.05) is 11.1 Å². The molecule has 11 heteroatoms. The number of ketones is 1. The number of nitrogens with zero attached hydrogens (tertiary/aromatic N) is 2. The van der Waals surface area contributed by atoms with Gasteiger partial charge in [0.25, 0.3) is 5.91 Å². The highest BCUT2D eigenvalue weighted by atomic mass is 35.5. The number of carbonyl (C=O) groups is 2. The zero-order valence-corrected chi connectivity index (χ0v) is 20.4. The summed E-state index contributed by atoms with van der Waals surface area (Å²) in [5, 5.41) is 11.2. The van der Waals surface area contributed by atoms with E-state index in [2.05, 4.69) is 15.5 Å². The minimum absolute atomic E-state index is 0.162. The van der Waals surface area contributed by atoms with Crippen LogP contribution in [-0.4, -0.2) is 45.2 Å². The van der Waals surface area contributed by atoms with Crippen molar-refractivity contribution in [2.45, 2.75) is 26.8 Å². The van der Waals surface area contributed by atoms with Crippen LogP contribution in [0.5, 0.6) is 23.0 Å². The number of Topliss-reactive ketones (excluding diaryl/α,β-unsaturated/α-hetero) is 1. The summed E-state index contributed by atoms with van der Waals surface area (Å²) in [7, 11) is 2.81. The topological polar surface area (TPSA) is 108 Å². The van der Waals surface area contributed by atoms with Gasteiger partial charge in [-0.1, -0.05) is 23.2 Å². The first-order valence-electron chi connectivity index (χ1n) is 9.99. The van der Waals surface area contributed by atoms with Crippen LogP contribution >= 0.6 is 23.2 Å². The third-order valence-corrected chi connectivity index (χ3v) is 4.76. The fourth-order valence-electron chi connectivity index (χ4n) is 2.84. The maximum atomic E-state index is 12.9. The number of anilines is 1. The van der Waals surface area contributed by atoms with E-state index < -0.39 is 17.7 Å². The maximum Gasteiger partial charge on any atom is 0.259 e. The molecule has 0 aromatic heterocycles. The second-order valence-corrected chi connectivity index (χ2v) is 7.34. The van der Waals surface area contributed by atoms with Crippen molar-refractivity contribution in [1.29, 1.82) is 0 Å². The van der Waals surface area contributed by atoms with E-state index >= 15 is 0 Å². The molecule has 2 rings (SSSR count). The molecular weight excluding hydrogens is 473 g/mol. The highest BCUT2D eigenvalue weighted by Gasteiger charge is 2.27. The molecule has 0 bridgehead atoms. The van der Waals surface area contributed by atoms with Crippen LogP contribution in [0.4, 0.5) is 11.4 Å². The number of carbonyl (C=O) groups excluding carboxylic acids is 2. The van der Waals surface area contributed by atoms with Crippen molar-refractivity contribution in [3.8, 4) is 23.0 Å². The summed E-state index contributed by atoms with van der Waals surface area (Å²) < 4.78 is 21.7. The number of halogens is 2.